The Bertz CT molecular complexity index is 355. The molecule has 1 aromatic carbocycles. The highest BCUT2D eigenvalue weighted by Gasteiger charge is 2.28. The minimum Gasteiger partial charge on any atom is -0.394 e. The van der Waals surface area contributed by atoms with Crippen LogP contribution in [0.4, 0.5) is 8.78 Å². The minimum absolute atomic E-state index is 0.216. The van der Waals surface area contributed by atoms with Crippen molar-refractivity contribution in [2.45, 2.75) is 12.5 Å². The molecule has 0 aromatic heterocycles. The molecule has 0 amide bonds. The van der Waals surface area contributed by atoms with E-state index in [0.717, 1.165) is 12.1 Å². The summed E-state index contributed by atoms with van der Waals surface area (Å²) in [6.07, 6.45) is 0. The molecule has 14 heavy (non-hydrogen) atoms. The Kier molecular flexibility index (Phi) is 3.09. The SMILES string of the molecule is CC(N)(CO)c1c(F)ccc(Cl)c1F. The number of aliphatic hydroxyl groups is 1. The van der Waals surface area contributed by atoms with E-state index in [1.807, 2.05) is 0 Å². The van der Waals surface area contributed by atoms with E-state index in [1.165, 1.54) is 6.92 Å². The van der Waals surface area contributed by atoms with Gasteiger partial charge in [0.1, 0.15) is 11.6 Å². The number of halogens is 3. The molecule has 0 aliphatic heterocycles. The van der Waals surface area contributed by atoms with E-state index in [9.17, 15) is 8.78 Å². The van der Waals surface area contributed by atoms with Crippen molar-refractivity contribution in [3.8, 4) is 0 Å². The highest BCUT2D eigenvalue weighted by molar-refractivity contribution is 6.30. The summed E-state index contributed by atoms with van der Waals surface area (Å²) < 4.78 is 26.6. The van der Waals surface area contributed by atoms with Gasteiger partial charge in [0.15, 0.2) is 0 Å². The lowest BCUT2D eigenvalue weighted by atomic mass is 9.93. The van der Waals surface area contributed by atoms with E-state index in [1.54, 1.807) is 0 Å². The summed E-state index contributed by atoms with van der Waals surface area (Å²) in [5.41, 5.74) is 3.65. The number of benzene rings is 1. The standard InChI is InChI=1S/C9H10ClF2NO/c1-9(13,4-14)7-6(11)3-2-5(10)8(7)12/h2-3,14H,4,13H2,1H3. The Labute approximate surface area is 85.3 Å². The van der Waals surface area contributed by atoms with Crippen molar-refractivity contribution in [1.29, 1.82) is 0 Å². The zero-order chi connectivity index (χ0) is 10.9. The predicted octanol–water partition coefficient (Wildman–Crippen LogP) is 1.78. The first-order valence-corrected chi connectivity index (χ1v) is 4.31. The maximum atomic E-state index is 13.4. The third kappa shape index (κ3) is 1.87. The summed E-state index contributed by atoms with van der Waals surface area (Å²) in [5.74, 6) is -1.74. The maximum Gasteiger partial charge on any atom is 0.149 e. The molecule has 1 unspecified atom stereocenters. The van der Waals surface area contributed by atoms with Crippen LogP contribution >= 0.6 is 11.6 Å². The number of aliphatic hydroxyl groups excluding tert-OH is 1. The first kappa shape index (κ1) is 11.4. The molecule has 78 valence electrons. The van der Waals surface area contributed by atoms with Crippen LogP contribution in [0.15, 0.2) is 12.1 Å². The largest absolute Gasteiger partial charge is 0.394 e. The fourth-order valence-corrected chi connectivity index (χ4v) is 1.29. The average molecular weight is 222 g/mol. The Morgan fingerprint density at radius 3 is 2.57 bits per heavy atom. The Morgan fingerprint density at radius 1 is 1.50 bits per heavy atom. The lowest BCUT2D eigenvalue weighted by molar-refractivity contribution is 0.202. The first-order chi connectivity index (χ1) is 6.40. The summed E-state index contributed by atoms with van der Waals surface area (Å²) >= 11 is 5.47. The summed E-state index contributed by atoms with van der Waals surface area (Å²) in [6, 6.07) is 2.12. The van der Waals surface area contributed by atoms with Crippen molar-refractivity contribution < 1.29 is 13.9 Å². The highest BCUT2D eigenvalue weighted by Crippen LogP contribution is 2.28. The Balaban J connectivity index is 3.40. The second kappa shape index (κ2) is 3.81. The van der Waals surface area contributed by atoms with Gasteiger partial charge in [0.2, 0.25) is 0 Å². The van der Waals surface area contributed by atoms with Gasteiger partial charge in [-0.1, -0.05) is 11.6 Å². The smallest absolute Gasteiger partial charge is 0.149 e. The fourth-order valence-electron chi connectivity index (χ4n) is 1.13. The van der Waals surface area contributed by atoms with Crippen LogP contribution in [-0.2, 0) is 5.54 Å². The Hall–Kier alpha value is -0.710. The molecule has 0 aliphatic rings. The molecule has 0 aliphatic carbocycles. The average Bonchev–Trinajstić information content (AvgIpc) is 2.12. The second-order valence-corrected chi connectivity index (χ2v) is 3.70. The van der Waals surface area contributed by atoms with Gasteiger partial charge < -0.3 is 10.8 Å². The Morgan fingerprint density at radius 2 is 2.07 bits per heavy atom. The van der Waals surface area contributed by atoms with E-state index < -0.39 is 29.3 Å². The zero-order valence-electron chi connectivity index (χ0n) is 7.52. The number of hydrogen-bond donors (Lipinski definition) is 2. The maximum absolute atomic E-state index is 13.4. The van der Waals surface area contributed by atoms with Crippen LogP contribution in [0.2, 0.25) is 5.02 Å². The predicted molar refractivity (Wildman–Crippen MR) is 50.0 cm³/mol. The molecule has 0 saturated heterocycles. The van der Waals surface area contributed by atoms with Crippen LogP contribution in [0.1, 0.15) is 12.5 Å². The number of rotatable bonds is 2. The van der Waals surface area contributed by atoms with Gasteiger partial charge in [0.25, 0.3) is 0 Å². The first-order valence-electron chi connectivity index (χ1n) is 3.94. The van der Waals surface area contributed by atoms with Crippen molar-refractivity contribution in [2.24, 2.45) is 5.73 Å². The molecule has 1 rings (SSSR count). The van der Waals surface area contributed by atoms with E-state index >= 15 is 0 Å². The lowest BCUT2D eigenvalue weighted by Crippen LogP contribution is -2.39. The van der Waals surface area contributed by atoms with Crippen LogP contribution < -0.4 is 5.73 Å². The van der Waals surface area contributed by atoms with Gasteiger partial charge >= 0.3 is 0 Å². The third-order valence-corrected chi connectivity index (χ3v) is 2.24. The van der Waals surface area contributed by atoms with Crippen molar-refractivity contribution in [1.82, 2.24) is 0 Å². The van der Waals surface area contributed by atoms with E-state index in [4.69, 9.17) is 22.4 Å². The van der Waals surface area contributed by atoms with Crippen molar-refractivity contribution in [3.05, 3.63) is 34.4 Å². The van der Waals surface area contributed by atoms with Gasteiger partial charge in [0, 0.05) is 5.56 Å². The normalized spacial score (nSPS) is 15.3. The quantitative estimate of drug-likeness (QED) is 0.748. The van der Waals surface area contributed by atoms with Crippen molar-refractivity contribution >= 4 is 11.6 Å². The molecule has 0 bridgehead atoms. The van der Waals surface area contributed by atoms with Gasteiger partial charge in [-0.3, -0.25) is 0 Å². The van der Waals surface area contributed by atoms with Crippen molar-refractivity contribution in [2.75, 3.05) is 6.61 Å². The number of hydrogen-bond acceptors (Lipinski definition) is 2. The molecular formula is C9H10ClF2NO. The van der Waals surface area contributed by atoms with E-state index in [0.29, 0.717) is 0 Å². The van der Waals surface area contributed by atoms with Crippen LogP contribution in [0.3, 0.4) is 0 Å². The van der Waals surface area contributed by atoms with Crippen LogP contribution in [0.5, 0.6) is 0 Å². The van der Waals surface area contributed by atoms with Crippen LogP contribution in [0.25, 0.3) is 0 Å². The lowest BCUT2D eigenvalue weighted by Gasteiger charge is -2.23. The summed E-state index contributed by atoms with van der Waals surface area (Å²) in [5, 5.41) is 8.67. The minimum atomic E-state index is -1.47. The van der Waals surface area contributed by atoms with Crippen molar-refractivity contribution in [3.63, 3.8) is 0 Å². The zero-order valence-corrected chi connectivity index (χ0v) is 8.28. The molecule has 0 fully saturated rings. The summed E-state index contributed by atoms with van der Waals surface area (Å²) in [7, 11) is 0. The van der Waals surface area contributed by atoms with Crippen LogP contribution in [0, 0.1) is 11.6 Å². The fraction of sp³-hybridized carbons (Fsp3) is 0.333. The molecule has 3 N–H and O–H groups in total. The molecule has 0 radical (unpaired) electrons. The molecule has 0 heterocycles. The van der Waals surface area contributed by atoms with Crippen LogP contribution in [-0.4, -0.2) is 11.7 Å². The molecule has 0 spiro atoms. The van der Waals surface area contributed by atoms with Gasteiger partial charge in [-0.15, -0.1) is 0 Å². The summed E-state index contributed by atoms with van der Waals surface area (Å²) in [4.78, 5) is 0. The van der Waals surface area contributed by atoms with Gasteiger partial charge in [0.05, 0.1) is 17.2 Å². The molecule has 2 nitrogen and oxygen atoms in total. The van der Waals surface area contributed by atoms with Gasteiger partial charge in [-0.2, -0.15) is 0 Å². The molecule has 0 saturated carbocycles. The molecule has 1 atom stereocenters. The monoisotopic (exact) mass is 221 g/mol. The second-order valence-electron chi connectivity index (χ2n) is 3.29. The van der Waals surface area contributed by atoms with E-state index in [-0.39, 0.29) is 5.02 Å². The van der Waals surface area contributed by atoms with E-state index in [2.05, 4.69) is 0 Å². The topological polar surface area (TPSA) is 46.2 Å². The molecular weight excluding hydrogens is 212 g/mol. The van der Waals surface area contributed by atoms with Gasteiger partial charge in [-0.25, -0.2) is 8.78 Å². The molecule has 5 heteroatoms. The molecule has 1 aromatic rings. The third-order valence-electron chi connectivity index (χ3n) is 1.94. The number of nitrogens with two attached hydrogens (primary N) is 1. The summed E-state index contributed by atoms with van der Waals surface area (Å²) in [6.45, 7) is 0.756. The highest BCUT2D eigenvalue weighted by atomic mass is 35.5. The van der Waals surface area contributed by atoms with Gasteiger partial charge in [-0.05, 0) is 19.1 Å².